The van der Waals surface area contributed by atoms with Crippen molar-refractivity contribution < 1.29 is 38.1 Å². The molecule has 0 aromatic carbocycles. The van der Waals surface area contributed by atoms with Crippen LogP contribution in [-0.2, 0) is 38.1 Å². The monoisotopic (exact) mass is 331 g/mol. The van der Waals surface area contributed by atoms with Crippen LogP contribution in [-0.4, -0.2) is 52.3 Å². The van der Waals surface area contributed by atoms with Crippen molar-refractivity contribution in [2.24, 2.45) is 17.8 Å². The van der Waals surface area contributed by atoms with Crippen LogP contribution >= 0.6 is 0 Å². The molecule has 0 saturated carbocycles. The normalized spacial score (nSPS) is 11.8. The van der Waals surface area contributed by atoms with Crippen molar-refractivity contribution in [3.8, 4) is 0 Å². The summed E-state index contributed by atoms with van der Waals surface area (Å²) in [7, 11) is 4.62. The molecule has 0 bridgehead atoms. The van der Waals surface area contributed by atoms with Gasteiger partial charge < -0.3 is 18.9 Å². The third kappa shape index (κ3) is 5.88. The molecule has 8 nitrogen and oxygen atoms in total. The highest BCUT2D eigenvalue weighted by Crippen LogP contribution is 2.26. The smallest absolute Gasteiger partial charge is 0.320 e. The van der Waals surface area contributed by atoms with Gasteiger partial charge in [-0.15, -0.1) is 0 Å². The minimum absolute atomic E-state index is 0.0457. The number of carbonyl (C=O) groups excluding carboxylic acids is 4. The molecule has 0 N–H and O–H groups in total. The summed E-state index contributed by atoms with van der Waals surface area (Å²) in [4.78, 5) is 46.9. The molecule has 23 heavy (non-hydrogen) atoms. The molecule has 1 radical (unpaired) electrons. The number of hydrogen-bond acceptors (Lipinski definition) is 8. The van der Waals surface area contributed by atoms with Crippen LogP contribution in [0.5, 0.6) is 0 Å². The lowest BCUT2D eigenvalue weighted by molar-refractivity contribution is -0.161. The Morgan fingerprint density at radius 1 is 0.739 bits per heavy atom. The molecule has 0 aliphatic heterocycles. The second-order valence-electron chi connectivity index (χ2n) is 4.75. The molecule has 0 rings (SSSR count). The summed E-state index contributed by atoms with van der Waals surface area (Å²) in [5, 5.41) is 0. The van der Waals surface area contributed by atoms with E-state index in [2.05, 4.69) is 25.9 Å². The van der Waals surface area contributed by atoms with E-state index in [0.717, 1.165) is 28.4 Å². The Balaban J connectivity index is 5.14. The van der Waals surface area contributed by atoms with Gasteiger partial charge in [-0.3, -0.25) is 19.2 Å². The largest absolute Gasteiger partial charge is 0.468 e. The molecule has 0 spiro atoms. The van der Waals surface area contributed by atoms with E-state index in [4.69, 9.17) is 0 Å². The van der Waals surface area contributed by atoms with Crippen LogP contribution in [0.1, 0.15) is 19.3 Å². The Hall–Kier alpha value is -2.12. The van der Waals surface area contributed by atoms with Crippen LogP contribution in [0.3, 0.4) is 0 Å². The Bertz CT molecular complexity index is 399. The third-order valence-corrected chi connectivity index (χ3v) is 3.55. The molecule has 0 aromatic rings. The lowest BCUT2D eigenvalue weighted by Gasteiger charge is -2.23. The summed E-state index contributed by atoms with van der Waals surface area (Å²) < 4.78 is 18.3. The number of esters is 4. The second-order valence-corrected chi connectivity index (χ2v) is 4.75. The molecule has 131 valence electrons. The van der Waals surface area contributed by atoms with Crippen molar-refractivity contribution in [1.29, 1.82) is 0 Å². The minimum Gasteiger partial charge on any atom is -0.468 e. The molecule has 0 aliphatic carbocycles. The molecule has 0 amide bonds. The first kappa shape index (κ1) is 20.9. The average molecular weight is 331 g/mol. The first-order valence-corrected chi connectivity index (χ1v) is 6.98. The quantitative estimate of drug-likeness (QED) is 0.342. The first-order valence-electron chi connectivity index (χ1n) is 6.98. The fraction of sp³-hybridized carbons (Fsp3) is 0.667. The van der Waals surface area contributed by atoms with Gasteiger partial charge in [-0.2, -0.15) is 0 Å². The van der Waals surface area contributed by atoms with E-state index < -0.39 is 41.6 Å². The molecule has 1 atom stereocenters. The SMILES string of the molecule is [CH2]CC(CCC(C(=O)OC)C(=O)OC)C(C(=O)OC)C(=O)OC. The van der Waals surface area contributed by atoms with Crippen LogP contribution in [0.2, 0.25) is 0 Å². The fourth-order valence-corrected chi connectivity index (χ4v) is 2.21. The molecule has 1 unspecified atom stereocenters. The Labute approximate surface area is 135 Å². The molecule has 0 heterocycles. The second kappa shape index (κ2) is 10.6. The Morgan fingerprint density at radius 3 is 1.43 bits per heavy atom. The molecular formula is C15H23O8. The zero-order valence-corrected chi connectivity index (χ0v) is 13.8. The van der Waals surface area contributed by atoms with Crippen molar-refractivity contribution in [2.45, 2.75) is 19.3 Å². The number of rotatable bonds is 9. The van der Waals surface area contributed by atoms with Crippen LogP contribution < -0.4 is 0 Å². The van der Waals surface area contributed by atoms with Crippen molar-refractivity contribution in [3.05, 3.63) is 6.92 Å². The van der Waals surface area contributed by atoms with Gasteiger partial charge in [-0.25, -0.2) is 0 Å². The van der Waals surface area contributed by atoms with Gasteiger partial charge >= 0.3 is 23.9 Å². The van der Waals surface area contributed by atoms with Crippen LogP contribution in [0.15, 0.2) is 0 Å². The zero-order chi connectivity index (χ0) is 18.0. The van der Waals surface area contributed by atoms with Crippen LogP contribution in [0, 0.1) is 24.7 Å². The van der Waals surface area contributed by atoms with E-state index in [0.29, 0.717) is 0 Å². The standard InChI is InChI=1S/C15H23O8/c1-6-9(11(14(18)22-4)15(19)23-5)7-8-10(12(16)20-2)13(17)21-3/h9-11H,1,6-8H2,2-5H3. The van der Waals surface area contributed by atoms with Gasteiger partial charge in [0, 0.05) is 0 Å². The van der Waals surface area contributed by atoms with Crippen molar-refractivity contribution in [1.82, 2.24) is 0 Å². The average Bonchev–Trinajstić information content (AvgIpc) is 2.58. The summed E-state index contributed by atoms with van der Waals surface area (Å²) in [6.07, 6.45) is 0.446. The lowest BCUT2D eigenvalue weighted by Crippen LogP contribution is -2.34. The van der Waals surface area contributed by atoms with E-state index in [-0.39, 0.29) is 19.3 Å². The number of hydrogen-bond donors (Lipinski definition) is 0. The van der Waals surface area contributed by atoms with E-state index in [1.54, 1.807) is 0 Å². The molecule has 0 aliphatic rings. The van der Waals surface area contributed by atoms with Crippen LogP contribution in [0.4, 0.5) is 0 Å². The summed E-state index contributed by atoms with van der Waals surface area (Å²) in [6.45, 7) is 3.70. The summed E-state index contributed by atoms with van der Waals surface area (Å²) >= 11 is 0. The van der Waals surface area contributed by atoms with Gasteiger partial charge in [-0.1, -0.05) is 6.92 Å². The van der Waals surface area contributed by atoms with E-state index in [9.17, 15) is 19.2 Å². The Morgan fingerprint density at radius 2 is 1.13 bits per heavy atom. The maximum absolute atomic E-state index is 11.8. The van der Waals surface area contributed by atoms with E-state index in [1.165, 1.54) is 0 Å². The number of carbonyl (C=O) groups is 4. The van der Waals surface area contributed by atoms with Crippen molar-refractivity contribution in [3.63, 3.8) is 0 Å². The van der Waals surface area contributed by atoms with Gasteiger partial charge in [0.2, 0.25) is 0 Å². The summed E-state index contributed by atoms with van der Waals surface area (Å²) in [5.74, 6) is -5.84. The molecule has 8 heteroatoms. The molecule has 0 fully saturated rings. The highest BCUT2D eigenvalue weighted by molar-refractivity contribution is 5.96. The van der Waals surface area contributed by atoms with Crippen molar-refractivity contribution in [2.75, 3.05) is 28.4 Å². The van der Waals surface area contributed by atoms with E-state index >= 15 is 0 Å². The maximum atomic E-state index is 11.8. The zero-order valence-electron chi connectivity index (χ0n) is 13.8. The van der Waals surface area contributed by atoms with E-state index in [1.807, 2.05) is 0 Å². The predicted molar refractivity (Wildman–Crippen MR) is 77.7 cm³/mol. The summed E-state index contributed by atoms with van der Waals surface area (Å²) in [5.41, 5.74) is 0. The molecule has 0 aromatic heterocycles. The molecule has 0 saturated heterocycles. The highest BCUT2D eigenvalue weighted by atomic mass is 16.5. The highest BCUT2D eigenvalue weighted by Gasteiger charge is 2.37. The molecular weight excluding hydrogens is 308 g/mol. The fourth-order valence-electron chi connectivity index (χ4n) is 2.21. The Kier molecular flexibility index (Phi) is 9.60. The predicted octanol–water partition coefficient (Wildman–Crippen LogP) is 0.531. The van der Waals surface area contributed by atoms with Gasteiger partial charge in [0.25, 0.3) is 0 Å². The first-order chi connectivity index (χ1) is 10.9. The van der Waals surface area contributed by atoms with Gasteiger partial charge in [0.05, 0.1) is 28.4 Å². The van der Waals surface area contributed by atoms with Crippen molar-refractivity contribution >= 4 is 23.9 Å². The maximum Gasteiger partial charge on any atom is 0.320 e. The third-order valence-electron chi connectivity index (χ3n) is 3.55. The summed E-state index contributed by atoms with van der Waals surface area (Å²) in [6, 6.07) is 0. The number of methoxy groups -OCH3 is 4. The number of ether oxygens (including phenoxy) is 4. The topological polar surface area (TPSA) is 105 Å². The van der Waals surface area contributed by atoms with Gasteiger partial charge in [0.1, 0.15) is 0 Å². The van der Waals surface area contributed by atoms with Gasteiger partial charge in [-0.05, 0) is 25.2 Å². The lowest BCUT2D eigenvalue weighted by atomic mass is 9.84. The minimum atomic E-state index is -1.17. The van der Waals surface area contributed by atoms with Gasteiger partial charge in [0.15, 0.2) is 11.8 Å². The van der Waals surface area contributed by atoms with Crippen LogP contribution in [0.25, 0.3) is 0 Å².